The average Bonchev–Trinajstić information content (AvgIpc) is 3.42. The number of carboxylic acids is 1. The van der Waals surface area contributed by atoms with E-state index >= 15 is 0 Å². The molecule has 0 amide bonds. The third-order valence-electron chi connectivity index (χ3n) is 4.52. The lowest BCUT2D eigenvalue weighted by atomic mass is 10.0. The fraction of sp³-hybridized carbons (Fsp3) is 0.250. The largest absolute Gasteiger partial charge is 0.492 e. The fourth-order valence-electron chi connectivity index (χ4n) is 3.13. The van der Waals surface area contributed by atoms with Crippen LogP contribution in [0, 0.1) is 0 Å². The highest BCUT2D eigenvalue weighted by atomic mass is 16.7. The molecule has 28 heavy (non-hydrogen) atoms. The number of ether oxygens (including phenoxy) is 3. The normalized spacial score (nSPS) is 15.4. The molecule has 3 heterocycles. The van der Waals surface area contributed by atoms with Gasteiger partial charge in [-0.1, -0.05) is 12.1 Å². The first-order valence-electron chi connectivity index (χ1n) is 8.87. The molecule has 1 aliphatic heterocycles. The Hall–Kier alpha value is -3.23. The minimum Gasteiger partial charge on any atom is -0.492 e. The summed E-state index contributed by atoms with van der Waals surface area (Å²) in [5.41, 5.74) is 2.46. The van der Waals surface area contributed by atoms with Gasteiger partial charge in [-0.05, 0) is 30.3 Å². The minimum atomic E-state index is -1.01. The second-order valence-electron chi connectivity index (χ2n) is 6.28. The molecular weight excluding hydrogens is 362 g/mol. The Kier molecular flexibility index (Phi) is 5.05. The number of pyridine rings is 1. The van der Waals surface area contributed by atoms with Crippen LogP contribution in [0.2, 0.25) is 0 Å². The van der Waals surface area contributed by atoms with Gasteiger partial charge in [0.25, 0.3) is 0 Å². The van der Waals surface area contributed by atoms with Crippen LogP contribution in [0.25, 0.3) is 11.4 Å². The third-order valence-corrected chi connectivity index (χ3v) is 4.52. The Balaban J connectivity index is 1.43. The van der Waals surface area contributed by atoms with Crippen molar-refractivity contribution in [2.45, 2.75) is 12.2 Å². The summed E-state index contributed by atoms with van der Waals surface area (Å²) in [4.78, 5) is 15.6. The molecule has 0 spiro atoms. The molecule has 8 heteroatoms. The van der Waals surface area contributed by atoms with Gasteiger partial charge in [-0.25, -0.2) is 4.79 Å². The van der Waals surface area contributed by atoms with E-state index in [2.05, 4.69) is 15.2 Å². The number of aromatic nitrogens is 3. The van der Waals surface area contributed by atoms with Crippen molar-refractivity contribution in [2.24, 2.45) is 0 Å². The second-order valence-corrected chi connectivity index (χ2v) is 6.28. The maximum atomic E-state index is 11.3. The lowest BCUT2D eigenvalue weighted by Crippen LogP contribution is -2.29. The average molecular weight is 381 g/mol. The summed E-state index contributed by atoms with van der Waals surface area (Å²) in [5.74, 6) is -1.38. The van der Waals surface area contributed by atoms with Crippen LogP contribution < -0.4 is 4.74 Å². The number of carboxylic acid groups (broad SMARTS) is 1. The first kappa shape index (κ1) is 18.1. The van der Waals surface area contributed by atoms with Crippen molar-refractivity contribution >= 4 is 5.97 Å². The van der Waals surface area contributed by atoms with Gasteiger partial charge in [0.15, 0.2) is 5.79 Å². The van der Waals surface area contributed by atoms with Crippen LogP contribution in [0.15, 0.2) is 54.9 Å². The number of carbonyl (C=O) groups is 1. The molecule has 0 radical (unpaired) electrons. The van der Waals surface area contributed by atoms with Crippen molar-refractivity contribution in [3.05, 3.63) is 66.0 Å². The first-order valence-corrected chi connectivity index (χ1v) is 8.87. The molecular formula is C20H19N3O5. The number of aromatic carboxylic acids is 1. The van der Waals surface area contributed by atoms with E-state index in [1.165, 1.54) is 6.07 Å². The second kappa shape index (κ2) is 7.79. The molecule has 8 nitrogen and oxygen atoms in total. The van der Waals surface area contributed by atoms with Crippen LogP contribution >= 0.6 is 0 Å². The number of H-pyrrole nitrogens is 1. The molecule has 0 aliphatic carbocycles. The molecule has 4 rings (SSSR count). The van der Waals surface area contributed by atoms with Gasteiger partial charge in [0.1, 0.15) is 5.75 Å². The number of hydrogen-bond donors (Lipinski definition) is 2. The fourth-order valence-corrected chi connectivity index (χ4v) is 3.13. The third kappa shape index (κ3) is 3.73. The Morgan fingerprint density at radius 3 is 2.75 bits per heavy atom. The van der Waals surface area contributed by atoms with Crippen molar-refractivity contribution in [2.75, 3.05) is 19.8 Å². The maximum absolute atomic E-state index is 11.3. The predicted octanol–water partition coefficient (Wildman–Crippen LogP) is 2.84. The van der Waals surface area contributed by atoms with E-state index < -0.39 is 11.8 Å². The van der Waals surface area contributed by atoms with Crippen molar-refractivity contribution in [3.8, 4) is 17.1 Å². The lowest BCUT2D eigenvalue weighted by molar-refractivity contribution is -0.174. The van der Waals surface area contributed by atoms with Gasteiger partial charge in [-0.15, -0.1) is 0 Å². The van der Waals surface area contributed by atoms with E-state index in [4.69, 9.17) is 14.2 Å². The Bertz CT molecular complexity index is 935. The SMILES string of the molecule is O=C(O)c1cccc(C2(CCOc3ccc(-c4ccn[nH]4)nc3)OCCO2)c1. The Morgan fingerprint density at radius 1 is 1.21 bits per heavy atom. The molecule has 1 fully saturated rings. The predicted molar refractivity (Wildman–Crippen MR) is 98.9 cm³/mol. The van der Waals surface area contributed by atoms with Gasteiger partial charge >= 0.3 is 5.97 Å². The van der Waals surface area contributed by atoms with Crippen molar-refractivity contribution < 1.29 is 24.1 Å². The lowest BCUT2D eigenvalue weighted by Gasteiger charge is -2.28. The minimum absolute atomic E-state index is 0.190. The van der Waals surface area contributed by atoms with Crippen LogP contribution in [-0.2, 0) is 15.3 Å². The number of nitrogens with one attached hydrogen (secondary N) is 1. The standard InChI is InChI=1S/C20H19N3O5/c24-19(25)14-2-1-3-15(12-14)20(27-10-11-28-20)7-9-26-16-4-5-17(21-13-16)18-6-8-22-23-18/h1-6,8,12-13H,7,9-11H2,(H,22,23)(H,24,25). The van der Waals surface area contributed by atoms with Crippen LogP contribution in [-0.4, -0.2) is 46.1 Å². The van der Waals surface area contributed by atoms with E-state index in [0.717, 1.165) is 11.4 Å². The summed E-state index contributed by atoms with van der Waals surface area (Å²) in [6.07, 6.45) is 3.73. The van der Waals surface area contributed by atoms with E-state index in [-0.39, 0.29) is 5.56 Å². The van der Waals surface area contributed by atoms with Crippen LogP contribution in [0.5, 0.6) is 5.75 Å². The van der Waals surface area contributed by atoms with Gasteiger partial charge in [-0.2, -0.15) is 5.10 Å². The molecule has 0 bridgehead atoms. The molecule has 1 saturated heterocycles. The summed E-state index contributed by atoms with van der Waals surface area (Å²) >= 11 is 0. The van der Waals surface area contributed by atoms with Gasteiger partial charge in [-0.3, -0.25) is 10.1 Å². The highest BCUT2D eigenvalue weighted by Crippen LogP contribution is 2.35. The van der Waals surface area contributed by atoms with Gasteiger partial charge in [0.2, 0.25) is 0 Å². The molecule has 0 saturated carbocycles. The topological polar surface area (TPSA) is 107 Å². The summed E-state index contributed by atoms with van der Waals surface area (Å²) in [6, 6.07) is 12.1. The van der Waals surface area contributed by atoms with Crippen LogP contribution in [0.1, 0.15) is 22.3 Å². The molecule has 144 valence electrons. The Labute approximate surface area is 161 Å². The highest BCUT2D eigenvalue weighted by molar-refractivity contribution is 5.87. The van der Waals surface area contributed by atoms with Crippen molar-refractivity contribution in [1.82, 2.24) is 15.2 Å². The number of nitrogens with zero attached hydrogens (tertiary/aromatic N) is 2. The molecule has 0 unspecified atom stereocenters. The maximum Gasteiger partial charge on any atom is 0.335 e. The van der Waals surface area contributed by atoms with Gasteiger partial charge in [0.05, 0.1) is 43.0 Å². The summed E-state index contributed by atoms with van der Waals surface area (Å²) in [7, 11) is 0. The van der Waals surface area contributed by atoms with E-state index in [1.54, 1.807) is 30.6 Å². The number of aromatic amines is 1. The monoisotopic (exact) mass is 381 g/mol. The molecule has 0 atom stereocenters. The highest BCUT2D eigenvalue weighted by Gasteiger charge is 2.38. The molecule has 2 N–H and O–H groups in total. The van der Waals surface area contributed by atoms with E-state index in [1.807, 2.05) is 18.2 Å². The zero-order chi connectivity index (χ0) is 19.4. The van der Waals surface area contributed by atoms with Crippen molar-refractivity contribution in [3.63, 3.8) is 0 Å². The molecule has 1 aliphatic rings. The van der Waals surface area contributed by atoms with Crippen LogP contribution in [0.3, 0.4) is 0 Å². The summed E-state index contributed by atoms with van der Waals surface area (Å²) < 4.78 is 17.5. The van der Waals surface area contributed by atoms with E-state index in [0.29, 0.717) is 37.6 Å². The number of benzene rings is 1. The number of rotatable bonds is 7. The first-order chi connectivity index (χ1) is 13.7. The number of hydrogen-bond acceptors (Lipinski definition) is 6. The molecule has 2 aromatic heterocycles. The smallest absolute Gasteiger partial charge is 0.335 e. The van der Waals surface area contributed by atoms with Crippen molar-refractivity contribution in [1.29, 1.82) is 0 Å². The molecule has 1 aromatic carbocycles. The van der Waals surface area contributed by atoms with Gasteiger partial charge in [0, 0.05) is 18.2 Å². The summed E-state index contributed by atoms with van der Waals surface area (Å²) in [6.45, 7) is 1.21. The molecule has 3 aromatic rings. The Morgan fingerprint density at radius 2 is 2.07 bits per heavy atom. The zero-order valence-corrected chi connectivity index (χ0v) is 15.0. The van der Waals surface area contributed by atoms with Crippen LogP contribution in [0.4, 0.5) is 0 Å². The zero-order valence-electron chi connectivity index (χ0n) is 15.0. The van der Waals surface area contributed by atoms with E-state index in [9.17, 15) is 9.90 Å². The van der Waals surface area contributed by atoms with Gasteiger partial charge < -0.3 is 19.3 Å². The summed E-state index contributed by atoms with van der Waals surface area (Å²) in [5, 5.41) is 16.0. The quantitative estimate of drug-likeness (QED) is 0.648.